The van der Waals surface area contributed by atoms with Gasteiger partial charge in [0, 0.05) is 18.6 Å². The van der Waals surface area contributed by atoms with Crippen molar-refractivity contribution in [3.05, 3.63) is 24.3 Å². The minimum absolute atomic E-state index is 0.00895. The Labute approximate surface area is 207 Å². The summed E-state index contributed by atoms with van der Waals surface area (Å²) >= 11 is 0. The first-order valence-corrected chi connectivity index (χ1v) is 12.6. The van der Waals surface area contributed by atoms with Gasteiger partial charge in [-0.1, -0.05) is 26.8 Å². The third-order valence-electron chi connectivity index (χ3n) is 9.32. The van der Waals surface area contributed by atoms with Gasteiger partial charge >= 0.3 is 11.9 Å². The van der Waals surface area contributed by atoms with Crippen LogP contribution in [0.5, 0.6) is 0 Å². The first-order chi connectivity index (χ1) is 16.4. The molecule has 3 fully saturated rings. The maximum Gasteiger partial charge on any atom is 0.331 e. The highest BCUT2D eigenvalue weighted by molar-refractivity contribution is 5.93. The fraction of sp³-hybridized carbons (Fsp3) is 0.741. The molecular weight excluding hydrogens is 452 g/mol. The molecule has 1 spiro atoms. The molecule has 4 rings (SSSR count). The second kappa shape index (κ2) is 9.45. The molecular formula is C27H38O8. The van der Waals surface area contributed by atoms with Crippen LogP contribution in [0.15, 0.2) is 24.3 Å². The molecule has 0 bridgehead atoms. The average Bonchev–Trinajstić information content (AvgIpc) is 3.45. The molecule has 4 aliphatic rings. The SMILES string of the molecule is C=C(C(C)=O)C(O)OC[C@@]12[C@@H](OC(C)=O)C[C@@H](C)[C@](C)(CCC3C=CC(=O)O3)[C@H]1CCC[C@]21CO1. The van der Waals surface area contributed by atoms with Crippen LogP contribution < -0.4 is 0 Å². The summed E-state index contributed by atoms with van der Waals surface area (Å²) in [5.41, 5.74) is -1.37. The second-order valence-corrected chi connectivity index (χ2v) is 11.1. The van der Waals surface area contributed by atoms with Gasteiger partial charge in [-0.05, 0) is 62.4 Å². The van der Waals surface area contributed by atoms with Gasteiger partial charge in [-0.15, -0.1) is 0 Å². The van der Waals surface area contributed by atoms with Crippen LogP contribution in [0.25, 0.3) is 0 Å². The van der Waals surface area contributed by atoms with Crippen LogP contribution >= 0.6 is 0 Å². The highest BCUT2D eigenvalue weighted by Crippen LogP contribution is 2.69. The molecule has 0 aromatic carbocycles. The molecule has 2 aliphatic carbocycles. The van der Waals surface area contributed by atoms with E-state index in [2.05, 4.69) is 20.4 Å². The number of rotatable bonds is 9. The average molecular weight is 491 g/mol. The van der Waals surface area contributed by atoms with Gasteiger partial charge < -0.3 is 24.1 Å². The fourth-order valence-electron chi connectivity index (χ4n) is 7.09. The van der Waals surface area contributed by atoms with E-state index < -0.39 is 23.4 Å². The van der Waals surface area contributed by atoms with E-state index >= 15 is 0 Å². The highest BCUT2D eigenvalue weighted by atomic mass is 16.6. The van der Waals surface area contributed by atoms with Crippen LogP contribution in [0.3, 0.4) is 0 Å². The van der Waals surface area contributed by atoms with Crippen molar-refractivity contribution >= 4 is 17.7 Å². The Kier molecular flexibility index (Phi) is 7.03. The molecule has 2 unspecified atom stereocenters. The summed E-state index contributed by atoms with van der Waals surface area (Å²) in [5, 5.41) is 10.6. The molecule has 2 heterocycles. The largest absolute Gasteiger partial charge is 0.462 e. The molecule has 2 aliphatic heterocycles. The predicted molar refractivity (Wildman–Crippen MR) is 126 cm³/mol. The quantitative estimate of drug-likeness (QED) is 0.227. The number of Topliss-reactive ketones (excluding diaryl/α,β-unsaturated/α-hetero) is 1. The zero-order valence-corrected chi connectivity index (χ0v) is 21.2. The van der Waals surface area contributed by atoms with E-state index in [4.69, 9.17) is 18.9 Å². The van der Waals surface area contributed by atoms with Gasteiger partial charge in [0.05, 0.1) is 18.6 Å². The third-order valence-corrected chi connectivity index (χ3v) is 9.32. The van der Waals surface area contributed by atoms with E-state index in [1.165, 1.54) is 19.9 Å². The fourth-order valence-corrected chi connectivity index (χ4v) is 7.09. The van der Waals surface area contributed by atoms with E-state index in [1.807, 2.05) is 6.08 Å². The van der Waals surface area contributed by atoms with Gasteiger partial charge in [0.1, 0.15) is 17.8 Å². The van der Waals surface area contributed by atoms with Gasteiger partial charge in [-0.3, -0.25) is 9.59 Å². The van der Waals surface area contributed by atoms with Gasteiger partial charge in [-0.2, -0.15) is 0 Å². The summed E-state index contributed by atoms with van der Waals surface area (Å²) in [7, 11) is 0. The number of esters is 2. The summed E-state index contributed by atoms with van der Waals surface area (Å²) in [6.45, 7) is 11.5. The molecule has 0 amide bonds. The molecule has 8 atom stereocenters. The zero-order valence-electron chi connectivity index (χ0n) is 21.2. The number of aliphatic hydroxyl groups is 1. The maximum absolute atomic E-state index is 12.2. The number of epoxide rings is 1. The van der Waals surface area contributed by atoms with Crippen molar-refractivity contribution < 1.29 is 38.4 Å². The number of hydrogen-bond acceptors (Lipinski definition) is 8. The van der Waals surface area contributed by atoms with Crippen molar-refractivity contribution in [2.24, 2.45) is 22.7 Å². The van der Waals surface area contributed by atoms with Crippen molar-refractivity contribution in [2.45, 2.75) is 90.3 Å². The number of ketones is 1. The summed E-state index contributed by atoms with van der Waals surface area (Å²) in [4.78, 5) is 35.6. The Morgan fingerprint density at radius 1 is 1.34 bits per heavy atom. The van der Waals surface area contributed by atoms with Crippen molar-refractivity contribution in [1.82, 2.24) is 0 Å². The number of hydrogen-bond donors (Lipinski definition) is 1. The van der Waals surface area contributed by atoms with Crippen LogP contribution in [0.4, 0.5) is 0 Å². The first-order valence-electron chi connectivity index (χ1n) is 12.6. The van der Waals surface area contributed by atoms with Crippen LogP contribution in [0.1, 0.15) is 66.2 Å². The lowest BCUT2D eigenvalue weighted by atomic mass is 9.43. The van der Waals surface area contributed by atoms with E-state index in [0.717, 1.165) is 25.7 Å². The maximum atomic E-state index is 12.2. The second-order valence-electron chi connectivity index (χ2n) is 11.1. The highest BCUT2D eigenvalue weighted by Gasteiger charge is 2.74. The molecule has 0 aromatic rings. The minimum atomic E-state index is -1.44. The first kappa shape index (κ1) is 26.0. The van der Waals surface area contributed by atoms with E-state index in [0.29, 0.717) is 19.4 Å². The van der Waals surface area contributed by atoms with Crippen molar-refractivity contribution in [2.75, 3.05) is 13.2 Å². The van der Waals surface area contributed by atoms with Gasteiger partial charge in [0.2, 0.25) is 0 Å². The molecule has 1 saturated heterocycles. The summed E-state index contributed by atoms with van der Waals surface area (Å²) in [5.74, 6) is -0.722. The lowest BCUT2D eigenvalue weighted by Gasteiger charge is -2.63. The van der Waals surface area contributed by atoms with E-state index in [-0.39, 0.29) is 53.3 Å². The minimum Gasteiger partial charge on any atom is -0.462 e. The molecule has 0 aromatic heterocycles. The van der Waals surface area contributed by atoms with E-state index in [1.54, 1.807) is 0 Å². The Balaban J connectivity index is 1.69. The number of carbonyl (C=O) groups is 3. The van der Waals surface area contributed by atoms with Gasteiger partial charge in [0.15, 0.2) is 12.1 Å². The smallest absolute Gasteiger partial charge is 0.331 e. The van der Waals surface area contributed by atoms with Crippen LogP contribution in [0.2, 0.25) is 0 Å². The topological polar surface area (TPSA) is 112 Å². The number of aliphatic hydroxyl groups excluding tert-OH is 1. The Bertz CT molecular complexity index is 920. The van der Waals surface area contributed by atoms with Crippen LogP contribution in [-0.4, -0.2) is 60.1 Å². The van der Waals surface area contributed by atoms with Crippen LogP contribution in [0, 0.1) is 22.7 Å². The molecule has 35 heavy (non-hydrogen) atoms. The number of fused-ring (bicyclic) bond motifs is 2. The lowest BCUT2D eigenvalue weighted by Crippen LogP contribution is -2.67. The Morgan fingerprint density at radius 3 is 2.63 bits per heavy atom. The zero-order chi connectivity index (χ0) is 25.6. The Morgan fingerprint density at radius 2 is 2.06 bits per heavy atom. The van der Waals surface area contributed by atoms with E-state index in [9.17, 15) is 19.5 Å². The van der Waals surface area contributed by atoms with Gasteiger partial charge in [-0.25, -0.2) is 4.79 Å². The summed E-state index contributed by atoms with van der Waals surface area (Å²) in [6, 6.07) is 0. The van der Waals surface area contributed by atoms with Crippen molar-refractivity contribution in [3.63, 3.8) is 0 Å². The molecule has 8 nitrogen and oxygen atoms in total. The lowest BCUT2D eigenvalue weighted by molar-refractivity contribution is -0.244. The monoisotopic (exact) mass is 490 g/mol. The summed E-state index contributed by atoms with van der Waals surface area (Å²) in [6.07, 6.45) is 6.01. The number of carbonyl (C=O) groups excluding carboxylic acids is 3. The standard InChI is InChI=1S/C27H38O8/c1-16-13-22(34-19(4)29)27(15-32-24(31)17(2)18(3)28)21(7-6-11-26(27)14-33-26)25(16,5)12-10-20-8-9-23(30)35-20/h8-9,16,20-22,24,31H,2,6-7,10-15H2,1,3-5H3/t16-,20?,21-,22+,24?,25+,26+,27+/m1/s1. The Hall–Kier alpha value is -2.03. The number of ether oxygens (including phenoxy) is 4. The summed E-state index contributed by atoms with van der Waals surface area (Å²) < 4.78 is 23.5. The number of cyclic esters (lactones) is 1. The molecule has 1 N–H and O–H groups in total. The molecule has 194 valence electrons. The van der Waals surface area contributed by atoms with Gasteiger partial charge in [0.25, 0.3) is 0 Å². The van der Waals surface area contributed by atoms with Crippen molar-refractivity contribution in [3.8, 4) is 0 Å². The third kappa shape index (κ3) is 4.49. The molecule has 2 saturated carbocycles. The normalized spacial score (nSPS) is 40.7. The molecule has 8 heteroatoms. The molecule has 0 radical (unpaired) electrons. The predicted octanol–water partition coefficient (Wildman–Crippen LogP) is 3.26. The van der Waals surface area contributed by atoms with Crippen molar-refractivity contribution in [1.29, 1.82) is 0 Å². The van der Waals surface area contributed by atoms with Crippen LogP contribution in [-0.2, 0) is 33.3 Å².